The van der Waals surface area contributed by atoms with E-state index in [4.69, 9.17) is 14.6 Å². The molecule has 1 aliphatic heterocycles. The second-order valence-electron chi connectivity index (χ2n) is 5.89. The lowest BCUT2D eigenvalue weighted by molar-refractivity contribution is 0.00578. The van der Waals surface area contributed by atoms with Crippen LogP contribution in [0.3, 0.4) is 0 Å². The zero-order valence-electron chi connectivity index (χ0n) is 12.2. The molecule has 21 heavy (non-hydrogen) atoms. The molecule has 1 heterocycles. The molecule has 1 fully saturated rings. The van der Waals surface area contributed by atoms with E-state index < -0.39 is 33.4 Å². The summed E-state index contributed by atoms with van der Waals surface area (Å²) < 4.78 is 47.4. The number of nitrogens with zero attached hydrogens (tertiary/aromatic N) is 1. The summed E-state index contributed by atoms with van der Waals surface area (Å²) in [7, 11) is -5.99. The molecule has 2 rings (SSSR count). The third-order valence-corrected chi connectivity index (χ3v) is 4.81. The Morgan fingerprint density at radius 1 is 1.19 bits per heavy atom. The molecule has 0 spiro atoms. The zero-order chi connectivity index (χ0) is 16.1. The third-order valence-electron chi connectivity index (χ3n) is 3.91. The molecule has 0 saturated carbocycles. The number of benzene rings is 1. The second-order valence-corrected chi connectivity index (χ2v) is 7.21. The maximum atomic E-state index is 13.4. The van der Waals surface area contributed by atoms with E-state index in [1.54, 1.807) is 27.7 Å². The van der Waals surface area contributed by atoms with Crippen molar-refractivity contribution in [3.8, 4) is 6.07 Å². The van der Waals surface area contributed by atoms with Crippen LogP contribution in [-0.4, -0.2) is 26.7 Å². The first kappa shape index (κ1) is 16.0. The summed E-state index contributed by atoms with van der Waals surface area (Å²) in [5.41, 5.74) is -1.20. The van der Waals surface area contributed by atoms with Crippen molar-refractivity contribution in [3.05, 3.63) is 23.8 Å². The van der Waals surface area contributed by atoms with Crippen LogP contribution in [-0.2, 0) is 19.5 Å². The van der Waals surface area contributed by atoms with E-state index in [-0.39, 0.29) is 11.0 Å². The molecule has 0 amide bonds. The highest BCUT2D eigenvalue weighted by Gasteiger charge is 2.52. The molecule has 8 heteroatoms. The fourth-order valence-corrected chi connectivity index (χ4v) is 2.66. The number of nitriles is 1. The minimum Gasteiger partial charge on any atom is -0.399 e. The van der Waals surface area contributed by atoms with Crippen LogP contribution in [0.15, 0.2) is 23.1 Å². The lowest BCUT2D eigenvalue weighted by Crippen LogP contribution is -2.41. The van der Waals surface area contributed by atoms with Crippen molar-refractivity contribution in [2.24, 2.45) is 0 Å². The van der Waals surface area contributed by atoms with Gasteiger partial charge in [-0.3, -0.25) is 0 Å². The van der Waals surface area contributed by atoms with Gasteiger partial charge >= 0.3 is 17.3 Å². The average molecular weight is 311 g/mol. The maximum Gasteiger partial charge on any atom is 0.496 e. The minimum absolute atomic E-state index is 0.00444. The normalized spacial score (nSPS) is 20.3. The highest BCUT2D eigenvalue weighted by Crippen LogP contribution is 2.37. The number of rotatable bonds is 2. The van der Waals surface area contributed by atoms with E-state index in [0.29, 0.717) is 0 Å². The smallest absolute Gasteiger partial charge is 0.399 e. The Morgan fingerprint density at radius 3 is 2.14 bits per heavy atom. The summed E-state index contributed by atoms with van der Waals surface area (Å²) in [6.07, 6.45) is 0. The van der Waals surface area contributed by atoms with Gasteiger partial charge in [0.2, 0.25) is 0 Å². The van der Waals surface area contributed by atoms with Crippen LogP contribution in [0.2, 0.25) is 0 Å². The average Bonchev–Trinajstić information content (AvgIpc) is 2.56. The van der Waals surface area contributed by atoms with Crippen molar-refractivity contribution in [3.63, 3.8) is 0 Å². The van der Waals surface area contributed by atoms with Gasteiger partial charge in [-0.05, 0) is 45.9 Å². The first-order chi connectivity index (χ1) is 9.48. The van der Waals surface area contributed by atoms with Gasteiger partial charge in [-0.2, -0.15) is 13.7 Å². The van der Waals surface area contributed by atoms with Crippen LogP contribution in [0.4, 0.5) is 3.89 Å². The summed E-state index contributed by atoms with van der Waals surface area (Å²) in [6, 6.07) is 5.44. The van der Waals surface area contributed by atoms with Gasteiger partial charge in [-0.15, -0.1) is 3.89 Å². The van der Waals surface area contributed by atoms with Crippen molar-refractivity contribution in [2.75, 3.05) is 0 Å². The summed E-state index contributed by atoms with van der Waals surface area (Å²) >= 11 is 0. The highest BCUT2D eigenvalue weighted by atomic mass is 32.3. The van der Waals surface area contributed by atoms with Gasteiger partial charge < -0.3 is 9.31 Å². The van der Waals surface area contributed by atoms with Gasteiger partial charge in [0.25, 0.3) is 0 Å². The molecular weight excluding hydrogens is 296 g/mol. The second kappa shape index (κ2) is 4.80. The number of hydrogen-bond donors (Lipinski definition) is 0. The van der Waals surface area contributed by atoms with Crippen molar-refractivity contribution >= 4 is 22.8 Å². The van der Waals surface area contributed by atoms with Crippen molar-refractivity contribution in [1.82, 2.24) is 0 Å². The molecule has 0 unspecified atom stereocenters. The van der Waals surface area contributed by atoms with Crippen molar-refractivity contribution < 1.29 is 21.6 Å². The summed E-state index contributed by atoms with van der Waals surface area (Å²) in [4.78, 5) is -0.542. The molecule has 1 aromatic rings. The standard InChI is InChI=1S/C13H15BFNO4S/c1-12(2)13(3,4)20-14(19-12)10-7-9(8-16)5-6-11(10)21(15,17)18/h5-7H,1-4H3. The molecular formula is C13H15BFNO4S. The molecule has 112 valence electrons. The summed E-state index contributed by atoms with van der Waals surface area (Å²) in [5, 5.41) is 8.93. The van der Waals surface area contributed by atoms with Gasteiger partial charge in [-0.25, -0.2) is 0 Å². The first-order valence-electron chi connectivity index (χ1n) is 6.32. The van der Waals surface area contributed by atoms with Crippen LogP contribution in [0.5, 0.6) is 0 Å². The fraction of sp³-hybridized carbons (Fsp3) is 0.462. The Morgan fingerprint density at radius 2 is 1.71 bits per heavy atom. The van der Waals surface area contributed by atoms with Gasteiger partial charge in [0.1, 0.15) is 0 Å². The molecule has 1 saturated heterocycles. The molecule has 1 aliphatic rings. The van der Waals surface area contributed by atoms with E-state index in [1.165, 1.54) is 12.1 Å². The highest BCUT2D eigenvalue weighted by molar-refractivity contribution is 7.86. The number of halogens is 1. The third kappa shape index (κ3) is 2.82. The molecule has 5 nitrogen and oxygen atoms in total. The van der Waals surface area contributed by atoms with Crippen LogP contribution in [0.25, 0.3) is 0 Å². The minimum atomic E-state index is -4.94. The van der Waals surface area contributed by atoms with Crippen molar-refractivity contribution in [2.45, 2.75) is 43.8 Å². The molecule has 1 aromatic carbocycles. The first-order valence-corrected chi connectivity index (χ1v) is 7.71. The molecule has 0 aliphatic carbocycles. The van der Waals surface area contributed by atoms with Crippen LogP contribution < -0.4 is 5.46 Å². The van der Waals surface area contributed by atoms with Crippen molar-refractivity contribution in [1.29, 1.82) is 5.26 Å². The predicted molar refractivity (Wildman–Crippen MR) is 75.2 cm³/mol. The van der Waals surface area contributed by atoms with Gasteiger partial charge in [0, 0.05) is 5.46 Å². The molecule has 0 radical (unpaired) electrons. The van der Waals surface area contributed by atoms with Crippen LogP contribution in [0, 0.1) is 11.3 Å². The van der Waals surface area contributed by atoms with E-state index in [9.17, 15) is 12.3 Å². The van der Waals surface area contributed by atoms with Crippen LogP contribution >= 0.6 is 0 Å². The van der Waals surface area contributed by atoms with E-state index in [2.05, 4.69) is 0 Å². The Labute approximate surface area is 124 Å². The van der Waals surface area contributed by atoms with E-state index >= 15 is 0 Å². The zero-order valence-corrected chi connectivity index (χ0v) is 13.0. The predicted octanol–water partition coefficient (Wildman–Crippen LogP) is 1.52. The number of hydrogen-bond acceptors (Lipinski definition) is 5. The maximum absolute atomic E-state index is 13.4. The molecule has 0 bridgehead atoms. The molecule has 0 atom stereocenters. The Hall–Kier alpha value is -1.43. The lowest BCUT2D eigenvalue weighted by atomic mass is 9.78. The topological polar surface area (TPSA) is 76.4 Å². The summed E-state index contributed by atoms with van der Waals surface area (Å²) in [5.74, 6) is 0. The van der Waals surface area contributed by atoms with Gasteiger partial charge in [0.15, 0.2) is 0 Å². The SMILES string of the molecule is CC1(C)OB(c2cc(C#N)ccc2S(=O)(=O)F)OC1(C)C. The van der Waals surface area contributed by atoms with E-state index in [0.717, 1.165) is 6.07 Å². The Balaban J connectivity index is 2.57. The molecule has 0 aromatic heterocycles. The Bertz CT molecular complexity index is 708. The van der Waals surface area contributed by atoms with Gasteiger partial charge in [0.05, 0.1) is 27.7 Å². The monoisotopic (exact) mass is 311 g/mol. The largest absolute Gasteiger partial charge is 0.496 e. The van der Waals surface area contributed by atoms with Gasteiger partial charge in [-0.1, -0.05) is 0 Å². The van der Waals surface area contributed by atoms with Crippen LogP contribution in [0.1, 0.15) is 33.3 Å². The fourth-order valence-electron chi connectivity index (χ4n) is 1.99. The lowest BCUT2D eigenvalue weighted by Gasteiger charge is -2.32. The Kier molecular flexibility index (Phi) is 3.65. The van der Waals surface area contributed by atoms with E-state index in [1.807, 2.05) is 6.07 Å². The summed E-state index contributed by atoms with van der Waals surface area (Å²) in [6.45, 7) is 7.19. The molecule has 0 N–H and O–H groups in total. The quantitative estimate of drug-likeness (QED) is 0.611.